The van der Waals surface area contributed by atoms with Crippen LogP contribution < -0.4 is 0 Å². The lowest BCUT2D eigenvalue weighted by molar-refractivity contribution is 0.509. The summed E-state index contributed by atoms with van der Waals surface area (Å²) in [6.07, 6.45) is 1.80. The smallest absolute Gasteiger partial charge is 0.159 e. The van der Waals surface area contributed by atoms with Gasteiger partial charge in [-0.3, -0.25) is 4.98 Å². The lowest BCUT2D eigenvalue weighted by atomic mass is 10.1. The van der Waals surface area contributed by atoms with Crippen molar-refractivity contribution in [3.8, 4) is 22.6 Å². The van der Waals surface area contributed by atoms with E-state index in [-0.39, 0.29) is 0 Å². The average molecular weight is 318 g/mol. The van der Waals surface area contributed by atoms with Crippen LogP contribution in [0.15, 0.2) is 72.9 Å². The van der Waals surface area contributed by atoms with Crippen LogP contribution in [0.2, 0.25) is 0 Å². The SMILES string of the molecule is Fc1ccc(-c2cccc(-c3cc4ccccc4cn3)n2)cc1F. The number of halogens is 2. The second-order valence-electron chi connectivity index (χ2n) is 5.45. The fraction of sp³-hybridized carbons (Fsp3) is 0. The van der Waals surface area contributed by atoms with Crippen molar-refractivity contribution in [3.05, 3.63) is 84.6 Å². The van der Waals surface area contributed by atoms with Gasteiger partial charge in [0.15, 0.2) is 11.6 Å². The van der Waals surface area contributed by atoms with Gasteiger partial charge in [0.1, 0.15) is 0 Å². The molecule has 0 fully saturated rings. The molecule has 0 spiro atoms. The van der Waals surface area contributed by atoms with Crippen molar-refractivity contribution in [2.75, 3.05) is 0 Å². The van der Waals surface area contributed by atoms with Crippen molar-refractivity contribution in [2.45, 2.75) is 0 Å². The maximum absolute atomic E-state index is 13.4. The summed E-state index contributed by atoms with van der Waals surface area (Å²) in [6.45, 7) is 0. The molecule has 0 atom stereocenters. The Morgan fingerprint density at radius 1 is 0.625 bits per heavy atom. The second kappa shape index (κ2) is 5.81. The number of pyridine rings is 2. The van der Waals surface area contributed by atoms with Crippen LogP contribution in [-0.2, 0) is 0 Å². The standard InChI is InChI=1S/C20H12F2N2/c21-16-9-8-14(10-17(16)22)18-6-3-7-19(24-18)20-11-13-4-1-2-5-15(13)12-23-20/h1-12H. The number of hydrogen-bond acceptors (Lipinski definition) is 2. The van der Waals surface area contributed by atoms with Crippen LogP contribution in [-0.4, -0.2) is 9.97 Å². The molecule has 116 valence electrons. The Hall–Kier alpha value is -3.14. The van der Waals surface area contributed by atoms with E-state index >= 15 is 0 Å². The molecule has 0 radical (unpaired) electrons. The van der Waals surface area contributed by atoms with Gasteiger partial charge in [-0.05, 0) is 41.8 Å². The van der Waals surface area contributed by atoms with Crippen LogP contribution >= 0.6 is 0 Å². The molecule has 2 aromatic heterocycles. The Kier molecular flexibility index (Phi) is 3.50. The van der Waals surface area contributed by atoms with Crippen LogP contribution in [0.4, 0.5) is 8.78 Å². The average Bonchev–Trinajstić information content (AvgIpc) is 2.64. The molecule has 2 heterocycles. The Bertz CT molecular complexity index is 1040. The van der Waals surface area contributed by atoms with Crippen LogP contribution in [0.1, 0.15) is 0 Å². The van der Waals surface area contributed by atoms with Crippen molar-refractivity contribution < 1.29 is 8.78 Å². The van der Waals surface area contributed by atoms with Crippen molar-refractivity contribution in [2.24, 2.45) is 0 Å². The van der Waals surface area contributed by atoms with Crippen LogP contribution in [0.3, 0.4) is 0 Å². The van der Waals surface area contributed by atoms with Crippen molar-refractivity contribution in [1.29, 1.82) is 0 Å². The largest absolute Gasteiger partial charge is 0.254 e. The first-order valence-electron chi connectivity index (χ1n) is 7.48. The first-order valence-corrected chi connectivity index (χ1v) is 7.48. The van der Waals surface area contributed by atoms with E-state index in [1.54, 1.807) is 12.3 Å². The molecule has 2 nitrogen and oxygen atoms in total. The van der Waals surface area contributed by atoms with Gasteiger partial charge >= 0.3 is 0 Å². The molecule has 0 bridgehead atoms. The number of rotatable bonds is 2. The second-order valence-corrected chi connectivity index (χ2v) is 5.45. The highest BCUT2D eigenvalue weighted by Crippen LogP contribution is 2.24. The van der Waals surface area contributed by atoms with E-state index in [1.165, 1.54) is 6.07 Å². The first-order chi connectivity index (χ1) is 11.7. The summed E-state index contributed by atoms with van der Waals surface area (Å²) in [4.78, 5) is 8.99. The van der Waals surface area contributed by atoms with Gasteiger partial charge in [-0.15, -0.1) is 0 Å². The lowest BCUT2D eigenvalue weighted by Crippen LogP contribution is -1.92. The minimum absolute atomic E-state index is 0.525. The number of nitrogens with zero attached hydrogens (tertiary/aromatic N) is 2. The zero-order valence-electron chi connectivity index (χ0n) is 12.6. The maximum Gasteiger partial charge on any atom is 0.159 e. The molecule has 4 heteroatoms. The van der Waals surface area contributed by atoms with Gasteiger partial charge in [0.05, 0.1) is 17.1 Å². The van der Waals surface area contributed by atoms with Gasteiger partial charge in [-0.2, -0.15) is 0 Å². The van der Waals surface area contributed by atoms with Crippen molar-refractivity contribution in [1.82, 2.24) is 9.97 Å². The van der Waals surface area contributed by atoms with Gasteiger partial charge in [0, 0.05) is 17.1 Å². The number of hydrogen-bond donors (Lipinski definition) is 0. The summed E-state index contributed by atoms with van der Waals surface area (Å²) in [6, 6.07) is 19.1. The Morgan fingerprint density at radius 3 is 2.25 bits per heavy atom. The molecule has 0 aliphatic carbocycles. The highest BCUT2D eigenvalue weighted by molar-refractivity contribution is 5.84. The third kappa shape index (κ3) is 2.63. The van der Waals surface area contributed by atoms with E-state index in [0.717, 1.165) is 28.6 Å². The quantitative estimate of drug-likeness (QED) is 0.505. The molecule has 0 amide bonds. The van der Waals surface area contributed by atoms with Crippen LogP contribution in [0.5, 0.6) is 0 Å². The van der Waals surface area contributed by atoms with E-state index in [0.29, 0.717) is 17.0 Å². The van der Waals surface area contributed by atoms with E-state index in [2.05, 4.69) is 9.97 Å². The zero-order valence-corrected chi connectivity index (χ0v) is 12.6. The normalized spacial score (nSPS) is 10.9. The number of fused-ring (bicyclic) bond motifs is 1. The van der Waals surface area contributed by atoms with Gasteiger partial charge in [0.2, 0.25) is 0 Å². The van der Waals surface area contributed by atoms with E-state index < -0.39 is 11.6 Å². The molecule has 2 aromatic carbocycles. The Balaban J connectivity index is 1.79. The van der Waals surface area contributed by atoms with Crippen LogP contribution in [0, 0.1) is 11.6 Å². The van der Waals surface area contributed by atoms with E-state index in [9.17, 15) is 8.78 Å². The van der Waals surface area contributed by atoms with Crippen molar-refractivity contribution >= 4 is 10.8 Å². The van der Waals surface area contributed by atoms with Gasteiger partial charge in [-0.1, -0.05) is 30.3 Å². The van der Waals surface area contributed by atoms with Gasteiger partial charge < -0.3 is 0 Å². The Labute approximate surface area is 137 Å². The molecule has 4 rings (SSSR count). The number of benzene rings is 2. The predicted molar refractivity (Wildman–Crippen MR) is 90.3 cm³/mol. The van der Waals surface area contributed by atoms with Gasteiger partial charge in [0.25, 0.3) is 0 Å². The molecular weight excluding hydrogens is 306 g/mol. The van der Waals surface area contributed by atoms with Crippen LogP contribution in [0.25, 0.3) is 33.4 Å². The summed E-state index contributed by atoms with van der Waals surface area (Å²) < 4.78 is 26.5. The third-order valence-electron chi connectivity index (χ3n) is 3.86. The molecule has 4 aromatic rings. The number of aromatic nitrogens is 2. The highest BCUT2D eigenvalue weighted by Gasteiger charge is 2.08. The maximum atomic E-state index is 13.4. The fourth-order valence-corrected chi connectivity index (χ4v) is 2.62. The summed E-state index contributed by atoms with van der Waals surface area (Å²) in [5, 5.41) is 2.13. The summed E-state index contributed by atoms with van der Waals surface area (Å²) >= 11 is 0. The summed E-state index contributed by atoms with van der Waals surface area (Å²) in [7, 11) is 0. The molecule has 0 aliphatic heterocycles. The molecule has 24 heavy (non-hydrogen) atoms. The molecule has 0 N–H and O–H groups in total. The molecule has 0 unspecified atom stereocenters. The van der Waals surface area contributed by atoms with E-state index in [4.69, 9.17) is 0 Å². The monoisotopic (exact) mass is 318 g/mol. The molecule has 0 saturated carbocycles. The topological polar surface area (TPSA) is 25.8 Å². The lowest BCUT2D eigenvalue weighted by Gasteiger charge is -2.06. The third-order valence-corrected chi connectivity index (χ3v) is 3.86. The highest BCUT2D eigenvalue weighted by atomic mass is 19.2. The predicted octanol–water partition coefficient (Wildman–Crippen LogP) is 5.24. The summed E-state index contributed by atoms with van der Waals surface area (Å²) in [5.74, 6) is -1.75. The molecule has 0 aliphatic rings. The minimum Gasteiger partial charge on any atom is -0.254 e. The minimum atomic E-state index is -0.886. The molecule has 0 saturated heterocycles. The summed E-state index contributed by atoms with van der Waals surface area (Å²) in [5.41, 5.74) is 2.51. The first kappa shape index (κ1) is 14.5. The zero-order chi connectivity index (χ0) is 16.5. The van der Waals surface area contributed by atoms with Crippen molar-refractivity contribution in [3.63, 3.8) is 0 Å². The Morgan fingerprint density at radius 2 is 1.42 bits per heavy atom. The molecular formula is C20H12F2N2. The van der Waals surface area contributed by atoms with E-state index in [1.807, 2.05) is 42.5 Å². The van der Waals surface area contributed by atoms with Gasteiger partial charge in [-0.25, -0.2) is 13.8 Å². The fourth-order valence-electron chi connectivity index (χ4n) is 2.62.